The van der Waals surface area contributed by atoms with Crippen LogP contribution in [-0.2, 0) is 6.42 Å². The zero-order valence-corrected chi connectivity index (χ0v) is 11.1. The van der Waals surface area contributed by atoms with Crippen molar-refractivity contribution in [3.63, 3.8) is 0 Å². The largest absolute Gasteiger partial charge is 0.493 e. The van der Waals surface area contributed by atoms with Gasteiger partial charge < -0.3 is 10.1 Å². The van der Waals surface area contributed by atoms with Crippen LogP contribution in [0.3, 0.4) is 0 Å². The van der Waals surface area contributed by atoms with E-state index in [0.29, 0.717) is 24.6 Å². The number of para-hydroxylation sites is 1. The van der Waals surface area contributed by atoms with Crippen molar-refractivity contribution in [2.75, 3.05) is 13.2 Å². The lowest BCUT2D eigenvalue weighted by atomic mass is 9.97. The van der Waals surface area contributed by atoms with Crippen molar-refractivity contribution < 1.29 is 9.53 Å². The van der Waals surface area contributed by atoms with E-state index >= 15 is 0 Å². The predicted octanol–water partition coefficient (Wildman–Crippen LogP) is 2.06. The highest BCUT2D eigenvalue weighted by Crippen LogP contribution is 2.26. The van der Waals surface area contributed by atoms with Crippen LogP contribution < -0.4 is 10.1 Å². The molecule has 102 valence electrons. The summed E-state index contributed by atoms with van der Waals surface area (Å²) >= 11 is 0. The number of hydrogen-bond acceptors (Lipinski definition) is 3. The molecule has 0 saturated heterocycles. The summed E-state index contributed by atoms with van der Waals surface area (Å²) in [6.45, 7) is 1.26. The Morgan fingerprint density at radius 1 is 1.30 bits per heavy atom. The predicted molar refractivity (Wildman–Crippen MR) is 75.7 cm³/mol. The maximum atomic E-state index is 11.9. The minimum Gasteiger partial charge on any atom is -0.493 e. The first kappa shape index (κ1) is 12.7. The maximum Gasteiger partial charge on any atom is 0.252 e. The number of benzene rings is 1. The molecule has 0 spiro atoms. The van der Waals surface area contributed by atoms with Crippen molar-refractivity contribution in [2.45, 2.75) is 6.42 Å². The van der Waals surface area contributed by atoms with Gasteiger partial charge in [0.2, 0.25) is 0 Å². The van der Waals surface area contributed by atoms with E-state index in [1.807, 2.05) is 18.2 Å². The number of carbonyl (C=O) groups excluding carboxylic acids is 1. The molecule has 1 N–H and O–H groups in total. The monoisotopic (exact) mass is 268 g/mol. The SMILES string of the molecule is O=C(NCC1COc2ccccc2C1)c1cccnc1. The molecule has 4 nitrogen and oxygen atoms in total. The van der Waals surface area contributed by atoms with Gasteiger partial charge in [-0.25, -0.2) is 0 Å². The van der Waals surface area contributed by atoms with Gasteiger partial charge in [-0.1, -0.05) is 18.2 Å². The fourth-order valence-electron chi connectivity index (χ4n) is 2.36. The number of fused-ring (bicyclic) bond motifs is 1. The average Bonchev–Trinajstić information content (AvgIpc) is 2.53. The van der Waals surface area contributed by atoms with E-state index in [2.05, 4.69) is 16.4 Å². The van der Waals surface area contributed by atoms with Crippen LogP contribution in [0.25, 0.3) is 0 Å². The normalized spacial score (nSPS) is 16.9. The molecule has 1 unspecified atom stereocenters. The van der Waals surface area contributed by atoms with E-state index < -0.39 is 0 Å². The molecule has 2 aromatic rings. The maximum absolute atomic E-state index is 11.9. The molecule has 1 aliphatic rings. The third kappa shape index (κ3) is 2.79. The number of carbonyl (C=O) groups is 1. The number of hydrogen-bond donors (Lipinski definition) is 1. The van der Waals surface area contributed by atoms with E-state index in [4.69, 9.17) is 4.74 Å². The van der Waals surface area contributed by atoms with Crippen LogP contribution >= 0.6 is 0 Å². The van der Waals surface area contributed by atoms with Crippen molar-refractivity contribution in [2.24, 2.45) is 5.92 Å². The lowest BCUT2D eigenvalue weighted by Gasteiger charge is -2.25. The van der Waals surface area contributed by atoms with Crippen LogP contribution in [0.15, 0.2) is 48.8 Å². The summed E-state index contributed by atoms with van der Waals surface area (Å²) in [4.78, 5) is 15.9. The number of ether oxygens (including phenoxy) is 1. The fourth-order valence-corrected chi connectivity index (χ4v) is 2.36. The lowest BCUT2D eigenvalue weighted by molar-refractivity contribution is 0.0938. The third-order valence-corrected chi connectivity index (χ3v) is 3.43. The van der Waals surface area contributed by atoms with Crippen molar-refractivity contribution >= 4 is 5.91 Å². The molecule has 1 aromatic carbocycles. The van der Waals surface area contributed by atoms with Crippen LogP contribution in [-0.4, -0.2) is 24.0 Å². The zero-order valence-electron chi connectivity index (χ0n) is 11.1. The Labute approximate surface area is 117 Å². The van der Waals surface area contributed by atoms with E-state index in [1.54, 1.807) is 24.5 Å². The summed E-state index contributed by atoms with van der Waals surface area (Å²) in [6.07, 6.45) is 4.16. The van der Waals surface area contributed by atoms with Gasteiger partial charge in [0.05, 0.1) is 12.2 Å². The molecule has 0 saturated carbocycles. The highest BCUT2D eigenvalue weighted by atomic mass is 16.5. The van der Waals surface area contributed by atoms with Gasteiger partial charge in [0.15, 0.2) is 0 Å². The highest BCUT2D eigenvalue weighted by Gasteiger charge is 2.20. The molecule has 1 amide bonds. The van der Waals surface area contributed by atoms with E-state index in [9.17, 15) is 4.79 Å². The second kappa shape index (κ2) is 5.74. The Bertz CT molecular complexity index is 598. The third-order valence-electron chi connectivity index (χ3n) is 3.43. The molecule has 1 atom stereocenters. The number of rotatable bonds is 3. The van der Waals surface area contributed by atoms with Crippen LogP contribution in [0.2, 0.25) is 0 Å². The molecule has 0 bridgehead atoms. The van der Waals surface area contributed by atoms with Gasteiger partial charge >= 0.3 is 0 Å². The van der Waals surface area contributed by atoms with Gasteiger partial charge in [-0.3, -0.25) is 9.78 Å². The highest BCUT2D eigenvalue weighted by molar-refractivity contribution is 5.93. The molecule has 0 fully saturated rings. The minimum atomic E-state index is -0.0861. The molecular formula is C16H16N2O2. The number of aromatic nitrogens is 1. The van der Waals surface area contributed by atoms with Gasteiger partial charge in [-0.05, 0) is 30.2 Å². The number of pyridine rings is 1. The van der Waals surface area contributed by atoms with Crippen molar-refractivity contribution in [3.05, 3.63) is 59.9 Å². The Hall–Kier alpha value is -2.36. The molecule has 0 aliphatic carbocycles. The van der Waals surface area contributed by atoms with E-state index in [0.717, 1.165) is 12.2 Å². The first-order valence-electron chi connectivity index (χ1n) is 6.72. The number of amides is 1. The molecular weight excluding hydrogens is 252 g/mol. The van der Waals surface area contributed by atoms with Gasteiger partial charge in [0, 0.05) is 24.9 Å². The van der Waals surface area contributed by atoms with Crippen LogP contribution in [0, 0.1) is 5.92 Å². The average molecular weight is 268 g/mol. The summed E-state index contributed by atoms with van der Waals surface area (Å²) in [5.41, 5.74) is 1.80. The Morgan fingerprint density at radius 3 is 3.05 bits per heavy atom. The van der Waals surface area contributed by atoms with Crippen LogP contribution in [0.4, 0.5) is 0 Å². The fraction of sp³-hybridized carbons (Fsp3) is 0.250. The second-order valence-corrected chi connectivity index (χ2v) is 4.94. The van der Waals surface area contributed by atoms with Crippen molar-refractivity contribution in [3.8, 4) is 5.75 Å². The Balaban J connectivity index is 1.57. The standard InChI is InChI=1S/C16H16N2O2/c19-16(14-5-3-7-17-10-14)18-9-12-8-13-4-1-2-6-15(13)20-11-12/h1-7,10,12H,8-9,11H2,(H,18,19). The van der Waals surface area contributed by atoms with Crippen LogP contribution in [0.5, 0.6) is 5.75 Å². The smallest absolute Gasteiger partial charge is 0.252 e. The molecule has 1 aliphatic heterocycles. The Morgan fingerprint density at radius 2 is 2.20 bits per heavy atom. The number of nitrogens with zero attached hydrogens (tertiary/aromatic N) is 1. The summed E-state index contributed by atoms with van der Waals surface area (Å²) < 4.78 is 5.71. The molecule has 20 heavy (non-hydrogen) atoms. The number of nitrogens with one attached hydrogen (secondary N) is 1. The van der Waals surface area contributed by atoms with Gasteiger partial charge in [-0.2, -0.15) is 0 Å². The second-order valence-electron chi connectivity index (χ2n) is 4.94. The first-order valence-corrected chi connectivity index (χ1v) is 6.72. The summed E-state index contributed by atoms with van der Waals surface area (Å²) in [5.74, 6) is 1.19. The first-order chi connectivity index (χ1) is 9.83. The molecule has 3 rings (SSSR count). The Kier molecular flexibility index (Phi) is 3.63. The van der Waals surface area contributed by atoms with E-state index in [-0.39, 0.29) is 5.91 Å². The summed E-state index contributed by atoms with van der Waals surface area (Å²) in [5, 5.41) is 2.94. The molecule has 0 radical (unpaired) electrons. The lowest BCUT2D eigenvalue weighted by Crippen LogP contribution is -2.34. The van der Waals surface area contributed by atoms with Crippen molar-refractivity contribution in [1.29, 1.82) is 0 Å². The van der Waals surface area contributed by atoms with Gasteiger partial charge in [0.25, 0.3) is 5.91 Å². The minimum absolute atomic E-state index is 0.0861. The molecule has 4 heteroatoms. The van der Waals surface area contributed by atoms with Gasteiger partial charge in [0.1, 0.15) is 5.75 Å². The molecule has 2 heterocycles. The summed E-state index contributed by atoms with van der Waals surface area (Å²) in [6, 6.07) is 11.6. The summed E-state index contributed by atoms with van der Waals surface area (Å²) in [7, 11) is 0. The quantitative estimate of drug-likeness (QED) is 0.927. The van der Waals surface area contributed by atoms with Crippen molar-refractivity contribution in [1.82, 2.24) is 10.3 Å². The topological polar surface area (TPSA) is 51.2 Å². The van der Waals surface area contributed by atoms with Gasteiger partial charge in [-0.15, -0.1) is 0 Å². The molecule has 1 aromatic heterocycles. The zero-order chi connectivity index (χ0) is 13.8. The van der Waals surface area contributed by atoms with E-state index in [1.165, 1.54) is 5.56 Å². The van der Waals surface area contributed by atoms with Crippen LogP contribution in [0.1, 0.15) is 15.9 Å².